The number of benzene rings is 1. The Hall–Kier alpha value is -1.88. The summed E-state index contributed by atoms with van der Waals surface area (Å²) in [4.78, 5) is 11.4. The number of hydrazone groups is 1. The van der Waals surface area contributed by atoms with E-state index in [0.717, 1.165) is 11.1 Å². The van der Waals surface area contributed by atoms with Gasteiger partial charge in [0, 0.05) is 18.8 Å². The Balaban J connectivity index is 2.41. The molecule has 0 heterocycles. The molecule has 0 fully saturated rings. The number of rotatable bonds is 4. The van der Waals surface area contributed by atoms with Crippen LogP contribution >= 0.6 is 0 Å². The molecule has 1 aromatic rings. The first kappa shape index (κ1) is 13.2. The van der Waals surface area contributed by atoms with Gasteiger partial charge in [-0.3, -0.25) is 0 Å². The van der Waals surface area contributed by atoms with E-state index in [0.29, 0.717) is 18.8 Å². The van der Waals surface area contributed by atoms with Gasteiger partial charge in [-0.1, -0.05) is 24.3 Å². The molecule has 5 nitrogen and oxygen atoms in total. The van der Waals surface area contributed by atoms with Crippen molar-refractivity contribution < 1.29 is 4.79 Å². The van der Waals surface area contributed by atoms with Crippen LogP contribution in [0.15, 0.2) is 29.4 Å². The van der Waals surface area contributed by atoms with Crippen molar-refractivity contribution in [3.63, 3.8) is 0 Å². The summed E-state index contributed by atoms with van der Waals surface area (Å²) in [5, 5.41) is 6.53. The summed E-state index contributed by atoms with van der Waals surface area (Å²) in [5.74, 6) is 0. The highest BCUT2D eigenvalue weighted by Crippen LogP contribution is 2.05. The first-order chi connectivity index (χ1) is 8.13. The van der Waals surface area contributed by atoms with E-state index < -0.39 is 0 Å². The maximum absolute atomic E-state index is 11.4. The third-order valence-corrected chi connectivity index (χ3v) is 2.34. The maximum Gasteiger partial charge on any atom is 0.335 e. The highest BCUT2D eigenvalue weighted by molar-refractivity contribution is 5.85. The molecule has 0 bridgehead atoms. The van der Waals surface area contributed by atoms with Crippen LogP contribution in [0.4, 0.5) is 4.79 Å². The first-order valence-corrected chi connectivity index (χ1v) is 5.45. The highest BCUT2D eigenvalue weighted by Gasteiger charge is 2.00. The van der Waals surface area contributed by atoms with Crippen LogP contribution in [-0.4, -0.2) is 18.3 Å². The molecule has 17 heavy (non-hydrogen) atoms. The highest BCUT2D eigenvalue weighted by atomic mass is 16.2. The number of nitrogens with two attached hydrogens (primary N) is 1. The lowest BCUT2D eigenvalue weighted by molar-refractivity contribution is 0.241. The number of hydrogen-bond acceptors (Lipinski definition) is 3. The molecule has 0 unspecified atom stereocenters. The fourth-order valence-electron chi connectivity index (χ4n) is 1.22. The summed E-state index contributed by atoms with van der Waals surface area (Å²) >= 11 is 0. The van der Waals surface area contributed by atoms with Crippen LogP contribution in [0.5, 0.6) is 0 Å². The summed E-state index contributed by atoms with van der Waals surface area (Å²) in [6, 6.07) is 7.56. The second kappa shape index (κ2) is 6.65. The topological polar surface area (TPSA) is 79.5 Å². The molecule has 0 saturated carbocycles. The molecule has 0 radical (unpaired) electrons. The average Bonchev–Trinajstić information content (AvgIpc) is 2.35. The van der Waals surface area contributed by atoms with Crippen LogP contribution < -0.4 is 16.5 Å². The smallest absolute Gasteiger partial charge is 0.333 e. The van der Waals surface area contributed by atoms with Crippen molar-refractivity contribution in [1.29, 1.82) is 0 Å². The van der Waals surface area contributed by atoms with E-state index in [2.05, 4.69) is 15.8 Å². The lowest BCUT2D eigenvalue weighted by atomic mass is 10.1. The Bertz CT molecular complexity index is 415. The fraction of sp³-hybridized carbons (Fsp3) is 0.333. The van der Waals surface area contributed by atoms with E-state index in [9.17, 15) is 4.79 Å². The lowest BCUT2D eigenvalue weighted by Gasteiger charge is -2.07. The van der Waals surface area contributed by atoms with E-state index in [1.54, 1.807) is 6.92 Å². The van der Waals surface area contributed by atoms with E-state index in [1.165, 1.54) is 0 Å². The summed E-state index contributed by atoms with van der Waals surface area (Å²) in [5.41, 5.74) is 10.6. The molecule has 4 N–H and O–H groups in total. The van der Waals surface area contributed by atoms with Crippen molar-refractivity contribution >= 4 is 11.7 Å². The minimum atomic E-state index is -0.332. The minimum Gasteiger partial charge on any atom is -0.333 e. The molecule has 0 atom stereocenters. The third kappa shape index (κ3) is 4.65. The Kier molecular flexibility index (Phi) is 5.16. The number of hydrogen-bond donors (Lipinski definition) is 3. The number of nitrogens with zero attached hydrogens (tertiary/aromatic N) is 1. The normalized spacial score (nSPS) is 11.1. The summed E-state index contributed by atoms with van der Waals surface area (Å²) < 4.78 is 0. The van der Waals surface area contributed by atoms with Crippen LogP contribution in [0.1, 0.15) is 18.1 Å². The van der Waals surface area contributed by atoms with Gasteiger partial charge in [-0.25, -0.2) is 10.2 Å². The molecule has 0 aliphatic carbocycles. The van der Waals surface area contributed by atoms with Crippen molar-refractivity contribution in [3.8, 4) is 0 Å². The van der Waals surface area contributed by atoms with E-state index in [1.807, 2.05) is 31.2 Å². The standard InChI is InChI=1S/C12H18N4O/c1-9-5-3-4-6-11(9)8-14-12(17)16-15-10(2)7-13/h3-6H,7-8,13H2,1-2H3,(H2,14,16,17). The van der Waals surface area contributed by atoms with E-state index >= 15 is 0 Å². The summed E-state index contributed by atoms with van der Waals surface area (Å²) in [7, 11) is 0. The Labute approximate surface area is 101 Å². The second-order valence-electron chi connectivity index (χ2n) is 3.77. The number of aryl methyl sites for hydroxylation is 1. The average molecular weight is 234 g/mol. The molecule has 5 heteroatoms. The minimum absolute atomic E-state index is 0.331. The molecule has 0 spiro atoms. The predicted octanol–water partition coefficient (Wildman–Crippen LogP) is 1.13. The monoisotopic (exact) mass is 234 g/mol. The SMILES string of the molecule is CC(CN)=NNC(=O)NCc1ccccc1C. The van der Waals surface area contributed by atoms with Crippen molar-refractivity contribution in [2.45, 2.75) is 20.4 Å². The number of carbonyl (C=O) groups is 1. The molecule has 0 aliphatic rings. The van der Waals surface area contributed by atoms with Gasteiger partial charge < -0.3 is 11.1 Å². The van der Waals surface area contributed by atoms with Gasteiger partial charge in [0.2, 0.25) is 0 Å². The summed E-state index contributed by atoms with van der Waals surface area (Å²) in [6.07, 6.45) is 0. The summed E-state index contributed by atoms with van der Waals surface area (Å²) in [6.45, 7) is 4.57. The van der Waals surface area contributed by atoms with Crippen LogP contribution in [-0.2, 0) is 6.54 Å². The van der Waals surface area contributed by atoms with Gasteiger partial charge in [0.1, 0.15) is 0 Å². The van der Waals surface area contributed by atoms with Gasteiger partial charge in [0.25, 0.3) is 0 Å². The molecule has 0 saturated heterocycles. The molecular weight excluding hydrogens is 216 g/mol. The van der Waals surface area contributed by atoms with Gasteiger partial charge in [-0.15, -0.1) is 0 Å². The number of carbonyl (C=O) groups excluding carboxylic acids is 1. The van der Waals surface area contributed by atoms with Crippen LogP contribution in [0.25, 0.3) is 0 Å². The van der Waals surface area contributed by atoms with Crippen LogP contribution in [0.3, 0.4) is 0 Å². The van der Waals surface area contributed by atoms with Crippen molar-refractivity contribution in [3.05, 3.63) is 35.4 Å². The van der Waals surface area contributed by atoms with Gasteiger partial charge in [-0.05, 0) is 25.0 Å². The van der Waals surface area contributed by atoms with Gasteiger partial charge in [0.05, 0.1) is 0 Å². The Morgan fingerprint density at radius 1 is 1.41 bits per heavy atom. The second-order valence-corrected chi connectivity index (χ2v) is 3.77. The molecular formula is C12H18N4O. The zero-order valence-corrected chi connectivity index (χ0v) is 10.2. The zero-order chi connectivity index (χ0) is 12.7. The Morgan fingerprint density at radius 3 is 2.76 bits per heavy atom. The quantitative estimate of drug-likeness (QED) is 0.539. The number of urea groups is 1. The number of nitrogens with one attached hydrogen (secondary N) is 2. The van der Waals surface area contributed by atoms with Crippen LogP contribution in [0, 0.1) is 6.92 Å². The first-order valence-electron chi connectivity index (χ1n) is 5.45. The molecule has 0 aliphatic heterocycles. The Morgan fingerprint density at radius 2 is 2.12 bits per heavy atom. The maximum atomic E-state index is 11.4. The van der Waals surface area contributed by atoms with Gasteiger partial charge in [0.15, 0.2) is 0 Å². The third-order valence-electron chi connectivity index (χ3n) is 2.34. The van der Waals surface area contributed by atoms with Crippen molar-refractivity contribution in [2.75, 3.05) is 6.54 Å². The zero-order valence-electron chi connectivity index (χ0n) is 10.2. The molecule has 0 aromatic heterocycles. The number of amides is 2. The lowest BCUT2D eigenvalue weighted by Crippen LogP contribution is -2.33. The van der Waals surface area contributed by atoms with Crippen molar-refractivity contribution in [2.24, 2.45) is 10.8 Å². The fourth-order valence-corrected chi connectivity index (χ4v) is 1.22. The van der Waals surface area contributed by atoms with Gasteiger partial charge in [-0.2, -0.15) is 5.10 Å². The van der Waals surface area contributed by atoms with Crippen molar-refractivity contribution in [1.82, 2.24) is 10.7 Å². The predicted molar refractivity (Wildman–Crippen MR) is 68.7 cm³/mol. The molecule has 2 amide bonds. The van der Waals surface area contributed by atoms with E-state index in [-0.39, 0.29) is 6.03 Å². The van der Waals surface area contributed by atoms with Gasteiger partial charge >= 0.3 is 6.03 Å². The molecule has 1 rings (SSSR count). The molecule has 92 valence electrons. The van der Waals surface area contributed by atoms with E-state index in [4.69, 9.17) is 5.73 Å². The van der Waals surface area contributed by atoms with Crippen LogP contribution in [0.2, 0.25) is 0 Å². The molecule has 1 aromatic carbocycles. The largest absolute Gasteiger partial charge is 0.335 e.